The fourth-order valence-corrected chi connectivity index (χ4v) is 2.60. The van der Waals surface area contributed by atoms with Crippen LogP contribution in [-0.4, -0.2) is 38.1 Å². The molecule has 2 aromatic rings. The monoisotopic (exact) mass is 387 g/mol. The molecular formula is C18H17N3O7. The topological polar surface area (TPSA) is 122 Å². The summed E-state index contributed by atoms with van der Waals surface area (Å²) in [5.74, 6) is 1.34. The van der Waals surface area contributed by atoms with Crippen molar-refractivity contribution in [1.29, 1.82) is 0 Å². The van der Waals surface area contributed by atoms with Crippen LogP contribution in [0.15, 0.2) is 35.4 Å². The highest BCUT2D eigenvalue weighted by Gasteiger charge is 2.18. The third kappa shape index (κ3) is 4.11. The molecule has 10 heteroatoms. The minimum absolute atomic E-state index is 0.0575. The number of rotatable bonds is 7. The number of benzene rings is 2. The van der Waals surface area contributed by atoms with Crippen molar-refractivity contribution in [3.8, 4) is 23.0 Å². The van der Waals surface area contributed by atoms with Crippen molar-refractivity contribution in [2.45, 2.75) is 6.42 Å². The number of nitro groups is 1. The van der Waals surface area contributed by atoms with Gasteiger partial charge in [-0.2, -0.15) is 5.10 Å². The summed E-state index contributed by atoms with van der Waals surface area (Å²) >= 11 is 0. The Balaban J connectivity index is 1.69. The molecule has 0 spiro atoms. The molecule has 0 fully saturated rings. The zero-order valence-corrected chi connectivity index (χ0v) is 15.1. The van der Waals surface area contributed by atoms with Crippen molar-refractivity contribution < 1.29 is 28.7 Å². The van der Waals surface area contributed by atoms with Gasteiger partial charge in [0.15, 0.2) is 23.0 Å². The number of amides is 1. The standard InChI is InChI=1S/C18H17N3O7/c1-25-15-7-12(13(21(23)24)8-16(15)26-2)9-19-20-18(22)6-11-3-4-14-17(5-11)28-10-27-14/h3-5,7-9H,6,10H2,1-2H3,(H,20,22)/b19-9-. The summed E-state index contributed by atoms with van der Waals surface area (Å²) in [7, 11) is 2.80. The van der Waals surface area contributed by atoms with Crippen molar-refractivity contribution in [1.82, 2.24) is 5.43 Å². The first-order valence-electron chi connectivity index (χ1n) is 8.12. The predicted molar refractivity (Wildman–Crippen MR) is 98.2 cm³/mol. The summed E-state index contributed by atoms with van der Waals surface area (Å²) in [6.45, 7) is 0.152. The summed E-state index contributed by atoms with van der Waals surface area (Å²) in [5.41, 5.74) is 2.99. The van der Waals surface area contributed by atoms with E-state index in [0.29, 0.717) is 22.8 Å². The number of hydrogen-bond acceptors (Lipinski definition) is 8. The van der Waals surface area contributed by atoms with E-state index in [1.165, 1.54) is 32.6 Å². The Morgan fingerprint density at radius 1 is 1.21 bits per heavy atom. The van der Waals surface area contributed by atoms with Crippen molar-refractivity contribution in [2.24, 2.45) is 5.10 Å². The number of nitrogens with zero attached hydrogens (tertiary/aromatic N) is 2. The number of nitrogens with one attached hydrogen (secondary N) is 1. The lowest BCUT2D eigenvalue weighted by Gasteiger charge is -2.08. The SMILES string of the molecule is COc1cc(/C=N\NC(=O)Cc2ccc3c(c2)OCO3)c([N+](=O)[O-])cc1OC. The summed E-state index contributed by atoms with van der Waals surface area (Å²) in [6, 6.07) is 7.82. The third-order valence-corrected chi connectivity index (χ3v) is 3.92. The molecule has 28 heavy (non-hydrogen) atoms. The van der Waals surface area contributed by atoms with E-state index in [0.717, 1.165) is 0 Å². The fourth-order valence-electron chi connectivity index (χ4n) is 2.60. The summed E-state index contributed by atoms with van der Waals surface area (Å²) in [6.07, 6.45) is 1.24. The summed E-state index contributed by atoms with van der Waals surface area (Å²) in [4.78, 5) is 22.8. The lowest BCUT2D eigenvalue weighted by Crippen LogP contribution is -2.19. The number of ether oxygens (including phenoxy) is 4. The molecule has 0 saturated carbocycles. The second-order valence-corrected chi connectivity index (χ2v) is 5.68. The van der Waals surface area contributed by atoms with Gasteiger partial charge in [-0.3, -0.25) is 14.9 Å². The molecule has 0 aromatic heterocycles. The van der Waals surface area contributed by atoms with Crippen molar-refractivity contribution in [3.05, 3.63) is 51.6 Å². The molecule has 0 bridgehead atoms. The Morgan fingerprint density at radius 3 is 2.64 bits per heavy atom. The van der Waals surface area contributed by atoms with Gasteiger partial charge in [0.25, 0.3) is 5.69 Å². The van der Waals surface area contributed by atoms with E-state index in [-0.39, 0.29) is 30.2 Å². The van der Waals surface area contributed by atoms with E-state index in [2.05, 4.69) is 10.5 Å². The first kappa shape index (κ1) is 19.0. The zero-order chi connectivity index (χ0) is 20.1. The lowest BCUT2D eigenvalue weighted by atomic mass is 10.1. The molecule has 146 valence electrons. The minimum Gasteiger partial charge on any atom is -0.493 e. The van der Waals surface area contributed by atoms with E-state index in [1.54, 1.807) is 18.2 Å². The van der Waals surface area contributed by atoms with Crippen LogP contribution in [0, 0.1) is 10.1 Å². The predicted octanol–water partition coefficient (Wildman–Crippen LogP) is 2.03. The van der Waals surface area contributed by atoms with Gasteiger partial charge in [0.2, 0.25) is 12.7 Å². The first-order valence-corrected chi connectivity index (χ1v) is 8.12. The smallest absolute Gasteiger partial charge is 0.282 e. The van der Waals surface area contributed by atoms with Crippen LogP contribution in [0.2, 0.25) is 0 Å². The number of methoxy groups -OCH3 is 2. The first-order chi connectivity index (χ1) is 13.5. The molecule has 0 aliphatic carbocycles. The van der Waals surface area contributed by atoms with Gasteiger partial charge in [0.05, 0.1) is 43.4 Å². The molecule has 0 unspecified atom stereocenters. The Morgan fingerprint density at radius 2 is 1.93 bits per heavy atom. The van der Waals surface area contributed by atoms with Gasteiger partial charge in [-0.1, -0.05) is 6.07 Å². The molecule has 0 saturated heterocycles. The highest BCUT2D eigenvalue weighted by atomic mass is 16.7. The second-order valence-electron chi connectivity index (χ2n) is 5.68. The highest BCUT2D eigenvalue weighted by Crippen LogP contribution is 2.34. The normalized spacial score (nSPS) is 12.1. The van der Waals surface area contributed by atoms with Gasteiger partial charge in [-0.05, 0) is 23.8 Å². The molecule has 1 N–H and O–H groups in total. The zero-order valence-electron chi connectivity index (χ0n) is 15.1. The maximum absolute atomic E-state index is 12.1. The fraction of sp³-hybridized carbons (Fsp3) is 0.222. The molecule has 1 heterocycles. The Hall–Kier alpha value is -3.82. The summed E-state index contributed by atoms with van der Waals surface area (Å²) in [5, 5.41) is 15.1. The molecule has 1 aliphatic rings. The number of carbonyl (C=O) groups is 1. The summed E-state index contributed by atoms with van der Waals surface area (Å²) < 4.78 is 20.7. The van der Waals surface area contributed by atoms with Crippen LogP contribution in [0.25, 0.3) is 0 Å². The van der Waals surface area contributed by atoms with Crippen LogP contribution in [-0.2, 0) is 11.2 Å². The van der Waals surface area contributed by atoms with Crippen LogP contribution < -0.4 is 24.4 Å². The average Bonchev–Trinajstić information content (AvgIpc) is 3.15. The Kier molecular flexibility index (Phi) is 5.58. The third-order valence-electron chi connectivity index (χ3n) is 3.92. The van der Waals surface area contributed by atoms with E-state index in [9.17, 15) is 14.9 Å². The van der Waals surface area contributed by atoms with E-state index in [1.807, 2.05) is 0 Å². The number of hydrogen-bond donors (Lipinski definition) is 1. The number of carbonyl (C=O) groups excluding carboxylic acids is 1. The molecular weight excluding hydrogens is 370 g/mol. The lowest BCUT2D eigenvalue weighted by molar-refractivity contribution is -0.385. The van der Waals surface area contributed by atoms with E-state index < -0.39 is 10.8 Å². The molecule has 0 atom stereocenters. The molecule has 1 amide bonds. The van der Waals surface area contributed by atoms with Crippen molar-refractivity contribution in [3.63, 3.8) is 0 Å². The van der Waals surface area contributed by atoms with Crippen molar-refractivity contribution >= 4 is 17.8 Å². The second kappa shape index (κ2) is 8.25. The van der Waals surface area contributed by atoms with Crippen LogP contribution in [0.3, 0.4) is 0 Å². The molecule has 3 rings (SSSR count). The minimum atomic E-state index is -0.572. The van der Waals surface area contributed by atoms with Gasteiger partial charge >= 0.3 is 0 Å². The molecule has 0 radical (unpaired) electrons. The molecule has 2 aromatic carbocycles. The quantitative estimate of drug-likeness (QED) is 0.438. The van der Waals surface area contributed by atoms with Crippen molar-refractivity contribution in [2.75, 3.05) is 21.0 Å². The van der Waals surface area contributed by atoms with Gasteiger partial charge in [0, 0.05) is 0 Å². The van der Waals surface area contributed by atoms with E-state index in [4.69, 9.17) is 18.9 Å². The number of nitro benzene ring substituents is 1. The van der Waals surface area contributed by atoms with Crippen LogP contribution >= 0.6 is 0 Å². The highest BCUT2D eigenvalue weighted by molar-refractivity contribution is 5.88. The van der Waals surface area contributed by atoms with Gasteiger partial charge in [-0.15, -0.1) is 0 Å². The van der Waals surface area contributed by atoms with Crippen LogP contribution in [0.4, 0.5) is 5.69 Å². The van der Waals surface area contributed by atoms with Gasteiger partial charge in [-0.25, -0.2) is 5.43 Å². The maximum atomic E-state index is 12.1. The number of hydrazone groups is 1. The van der Waals surface area contributed by atoms with Gasteiger partial charge in [0.1, 0.15) is 0 Å². The molecule has 1 aliphatic heterocycles. The van der Waals surface area contributed by atoms with Crippen LogP contribution in [0.5, 0.6) is 23.0 Å². The van der Waals surface area contributed by atoms with Gasteiger partial charge < -0.3 is 18.9 Å². The Labute approximate surface area is 159 Å². The van der Waals surface area contributed by atoms with E-state index >= 15 is 0 Å². The maximum Gasteiger partial charge on any atom is 0.282 e. The van der Waals surface area contributed by atoms with Crippen LogP contribution in [0.1, 0.15) is 11.1 Å². The Bertz CT molecular complexity index is 943. The number of fused-ring (bicyclic) bond motifs is 1. The average molecular weight is 387 g/mol. The molecule has 10 nitrogen and oxygen atoms in total. The largest absolute Gasteiger partial charge is 0.493 e.